The van der Waals surface area contributed by atoms with E-state index in [1.54, 1.807) is 41.0 Å². The molecule has 0 saturated carbocycles. The maximum atomic E-state index is 13.4. The van der Waals surface area contributed by atoms with E-state index in [2.05, 4.69) is 0 Å². The highest BCUT2D eigenvalue weighted by Crippen LogP contribution is 2.24. The predicted octanol–water partition coefficient (Wildman–Crippen LogP) is 4.02. The first-order valence-corrected chi connectivity index (χ1v) is 13.7. The first-order chi connectivity index (χ1) is 17.2. The van der Waals surface area contributed by atoms with Crippen molar-refractivity contribution in [3.05, 3.63) is 98.8 Å². The van der Waals surface area contributed by atoms with Crippen LogP contribution in [-0.4, -0.2) is 31.0 Å². The van der Waals surface area contributed by atoms with E-state index in [0.29, 0.717) is 45.4 Å². The van der Waals surface area contributed by atoms with E-state index < -0.39 is 16.0 Å². The molecule has 0 atom stereocenters. The zero-order chi connectivity index (χ0) is 25.9. The van der Waals surface area contributed by atoms with E-state index >= 15 is 0 Å². The molecule has 0 radical (unpaired) electrons. The number of aromatic nitrogens is 2. The second-order valence-corrected chi connectivity index (χ2v) is 10.9. The summed E-state index contributed by atoms with van der Waals surface area (Å²) in [6, 6.07) is 18.3. The number of ether oxygens (including phenoxy) is 1. The van der Waals surface area contributed by atoms with Gasteiger partial charge in [0.2, 0.25) is 10.0 Å². The molecule has 0 aliphatic carbocycles. The maximum Gasteiger partial charge on any atom is 0.337 e. The molecule has 0 amide bonds. The summed E-state index contributed by atoms with van der Waals surface area (Å²) in [5.74, 6) is 0.0377. The van der Waals surface area contributed by atoms with Crippen LogP contribution in [0.4, 0.5) is 0 Å². The smallest absolute Gasteiger partial charge is 0.337 e. The first kappa shape index (κ1) is 25.9. The first-order valence-electron chi connectivity index (χ1n) is 10.8. The Balaban J connectivity index is 1.69. The minimum Gasteiger partial charge on any atom is -0.465 e. The van der Waals surface area contributed by atoms with E-state index in [9.17, 15) is 18.0 Å². The predicted molar refractivity (Wildman–Crippen MR) is 140 cm³/mol. The second kappa shape index (κ2) is 10.8. The summed E-state index contributed by atoms with van der Waals surface area (Å²) in [6.45, 7) is 0.318. The standard InChI is InChI=1S/C25H22ClN3O5S2/c1-34-24(31)18-6-11-21-22(14-18)28-25(35-15-17-2-7-19(26)8-3-17)29(23(21)30)13-12-16-4-9-20(10-5-16)36(27,32)33/h2-11,14H,12-13,15H2,1H3,(H2,27,32,33). The largest absolute Gasteiger partial charge is 0.465 e. The molecule has 0 saturated heterocycles. The minimum atomic E-state index is -3.78. The molecule has 8 nitrogen and oxygen atoms in total. The summed E-state index contributed by atoms with van der Waals surface area (Å²) >= 11 is 7.38. The molecule has 0 spiro atoms. The van der Waals surface area contributed by atoms with Crippen LogP contribution in [-0.2, 0) is 33.5 Å². The lowest BCUT2D eigenvalue weighted by atomic mass is 10.1. The van der Waals surface area contributed by atoms with Crippen molar-refractivity contribution in [1.82, 2.24) is 9.55 Å². The molecular weight excluding hydrogens is 522 g/mol. The monoisotopic (exact) mass is 543 g/mol. The molecule has 1 aromatic heterocycles. The number of sulfonamides is 1. The van der Waals surface area contributed by atoms with Gasteiger partial charge in [-0.05, 0) is 60.0 Å². The Morgan fingerprint density at radius 2 is 1.72 bits per heavy atom. The summed E-state index contributed by atoms with van der Waals surface area (Å²) in [4.78, 5) is 30.2. The lowest BCUT2D eigenvalue weighted by molar-refractivity contribution is 0.0601. The number of hydrogen-bond donors (Lipinski definition) is 1. The minimum absolute atomic E-state index is 0.0245. The van der Waals surface area contributed by atoms with Crippen molar-refractivity contribution < 1.29 is 17.9 Å². The third-order valence-electron chi connectivity index (χ3n) is 5.50. The van der Waals surface area contributed by atoms with Crippen LogP contribution in [0.5, 0.6) is 0 Å². The Morgan fingerprint density at radius 1 is 1.06 bits per heavy atom. The lowest BCUT2D eigenvalue weighted by Crippen LogP contribution is -2.24. The Hall–Kier alpha value is -3.18. The molecule has 11 heteroatoms. The highest BCUT2D eigenvalue weighted by atomic mass is 35.5. The SMILES string of the molecule is COC(=O)c1ccc2c(=O)n(CCc3ccc(S(N)(=O)=O)cc3)c(SCc3ccc(Cl)cc3)nc2c1. The van der Waals surface area contributed by atoms with Crippen LogP contribution in [0.3, 0.4) is 0 Å². The zero-order valence-corrected chi connectivity index (χ0v) is 21.6. The van der Waals surface area contributed by atoms with Gasteiger partial charge < -0.3 is 4.74 Å². The maximum absolute atomic E-state index is 13.4. The fourth-order valence-corrected chi connectivity index (χ4v) is 5.19. The molecule has 0 fully saturated rings. The van der Waals surface area contributed by atoms with E-state index in [4.69, 9.17) is 26.5 Å². The number of fused-ring (bicyclic) bond motifs is 1. The number of hydrogen-bond acceptors (Lipinski definition) is 7. The third-order valence-corrected chi connectivity index (χ3v) is 7.73. The summed E-state index contributed by atoms with van der Waals surface area (Å²) in [5, 5.41) is 6.67. The van der Waals surface area contributed by atoms with Gasteiger partial charge in [0.05, 0.1) is 28.5 Å². The molecule has 0 bridgehead atoms. The molecule has 2 N–H and O–H groups in total. The average Bonchev–Trinajstić information content (AvgIpc) is 2.87. The van der Waals surface area contributed by atoms with E-state index in [1.807, 2.05) is 12.1 Å². The van der Waals surface area contributed by atoms with Crippen molar-refractivity contribution in [3.8, 4) is 0 Å². The highest BCUT2D eigenvalue weighted by Gasteiger charge is 2.15. The third kappa shape index (κ3) is 5.96. The van der Waals surface area contributed by atoms with Crippen molar-refractivity contribution in [2.24, 2.45) is 5.14 Å². The molecule has 36 heavy (non-hydrogen) atoms. The number of carbonyl (C=O) groups is 1. The summed E-state index contributed by atoms with van der Waals surface area (Å²) in [6.07, 6.45) is 0.465. The molecule has 3 aromatic carbocycles. The van der Waals surface area contributed by atoms with E-state index in [0.717, 1.165) is 11.1 Å². The topological polar surface area (TPSA) is 121 Å². The van der Waals surface area contributed by atoms with Crippen LogP contribution >= 0.6 is 23.4 Å². The summed E-state index contributed by atoms with van der Waals surface area (Å²) < 4.78 is 29.4. The molecule has 1 heterocycles. The van der Waals surface area contributed by atoms with Crippen molar-refractivity contribution in [2.75, 3.05) is 7.11 Å². The molecular formula is C25H22ClN3O5S2. The van der Waals surface area contributed by atoms with Gasteiger partial charge >= 0.3 is 5.97 Å². The molecule has 186 valence electrons. The molecule has 0 aliphatic rings. The van der Waals surface area contributed by atoms with Crippen molar-refractivity contribution in [2.45, 2.75) is 28.8 Å². The van der Waals surface area contributed by atoms with Gasteiger partial charge in [0, 0.05) is 17.3 Å². The Labute approximate surface area is 217 Å². The normalized spacial score (nSPS) is 11.5. The number of primary sulfonamides is 1. The number of benzene rings is 3. The number of esters is 1. The number of thioether (sulfide) groups is 1. The number of carbonyl (C=O) groups excluding carboxylic acids is 1. The number of halogens is 1. The van der Waals surface area contributed by atoms with Gasteiger partial charge in [-0.15, -0.1) is 0 Å². The van der Waals surface area contributed by atoms with E-state index in [1.165, 1.54) is 37.1 Å². The van der Waals surface area contributed by atoms with Crippen LogP contribution in [0.25, 0.3) is 10.9 Å². The van der Waals surface area contributed by atoms with Gasteiger partial charge in [0.1, 0.15) is 0 Å². The van der Waals surface area contributed by atoms with Gasteiger partial charge in [-0.25, -0.2) is 23.3 Å². The second-order valence-electron chi connectivity index (χ2n) is 7.93. The number of nitrogens with two attached hydrogens (primary N) is 1. The van der Waals surface area contributed by atoms with Crippen molar-refractivity contribution in [3.63, 3.8) is 0 Å². The Morgan fingerprint density at radius 3 is 2.36 bits per heavy atom. The van der Waals surface area contributed by atoms with Crippen molar-refractivity contribution >= 4 is 50.3 Å². The van der Waals surface area contributed by atoms with Gasteiger partial charge in [-0.1, -0.05) is 47.6 Å². The molecule has 0 aliphatic heterocycles. The van der Waals surface area contributed by atoms with Crippen LogP contribution < -0.4 is 10.7 Å². The number of methoxy groups -OCH3 is 1. The lowest BCUT2D eigenvalue weighted by Gasteiger charge is -2.14. The summed E-state index contributed by atoms with van der Waals surface area (Å²) in [5.41, 5.74) is 2.31. The van der Waals surface area contributed by atoms with Crippen molar-refractivity contribution in [1.29, 1.82) is 0 Å². The number of rotatable bonds is 8. The van der Waals surface area contributed by atoms with Gasteiger partial charge in [0.25, 0.3) is 5.56 Å². The van der Waals surface area contributed by atoms with Gasteiger partial charge in [-0.3, -0.25) is 9.36 Å². The highest BCUT2D eigenvalue weighted by molar-refractivity contribution is 7.98. The van der Waals surface area contributed by atoms with Gasteiger partial charge in [0.15, 0.2) is 5.16 Å². The van der Waals surface area contributed by atoms with E-state index in [-0.39, 0.29) is 10.5 Å². The fourth-order valence-electron chi connectivity index (χ4n) is 3.57. The van der Waals surface area contributed by atoms with Crippen LogP contribution in [0, 0.1) is 0 Å². The molecule has 4 aromatic rings. The Bertz CT molecular complexity index is 1590. The summed E-state index contributed by atoms with van der Waals surface area (Å²) in [7, 11) is -2.49. The van der Waals surface area contributed by atoms with Crippen LogP contribution in [0.1, 0.15) is 21.5 Å². The molecule has 4 rings (SSSR count). The zero-order valence-electron chi connectivity index (χ0n) is 19.2. The average molecular weight is 544 g/mol. The number of nitrogens with zero attached hydrogens (tertiary/aromatic N) is 2. The Kier molecular flexibility index (Phi) is 7.79. The fraction of sp³-hybridized carbons (Fsp3) is 0.160. The van der Waals surface area contributed by atoms with Crippen LogP contribution in [0.15, 0.2) is 81.6 Å². The van der Waals surface area contributed by atoms with Crippen LogP contribution in [0.2, 0.25) is 5.02 Å². The quantitative estimate of drug-likeness (QED) is 0.202. The number of aryl methyl sites for hydroxylation is 1. The molecule has 0 unspecified atom stereocenters. The van der Waals surface area contributed by atoms with Gasteiger partial charge in [-0.2, -0.15) is 0 Å².